The molecule has 0 aliphatic rings. The fraction of sp³-hybridized carbons (Fsp3) is 0.188. The third-order valence-electron chi connectivity index (χ3n) is 3.39. The van der Waals surface area contributed by atoms with Gasteiger partial charge in [-0.3, -0.25) is 4.72 Å². The number of carbonyl (C=O) groups is 1. The van der Waals surface area contributed by atoms with E-state index in [1.807, 2.05) is 6.92 Å². The van der Waals surface area contributed by atoms with Crippen LogP contribution in [0.15, 0.2) is 41.3 Å². The van der Waals surface area contributed by atoms with Crippen molar-refractivity contribution in [1.29, 1.82) is 0 Å². The average molecular weight is 337 g/mol. The normalized spacial score (nSPS) is 11.3. The first kappa shape index (κ1) is 17.0. The Morgan fingerprint density at radius 1 is 1.22 bits per heavy atom. The van der Waals surface area contributed by atoms with E-state index in [1.165, 1.54) is 19.1 Å². The van der Waals surface area contributed by atoms with Crippen LogP contribution in [0.25, 0.3) is 0 Å². The number of carboxylic acids is 1. The maximum atomic E-state index is 13.1. The van der Waals surface area contributed by atoms with Crippen molar-refractivity contribution in [3.8, 4) is 0 Å². The van der Waals surface area contributed by atoms with Gasteiger partial charge >= 0.3 is 5.97 Å². The summed E-state index contributed by atoms with van der Waals surface area (Å²) in [6, 6.07) is 7.79. The molecule has 0 fully saturated rings. The highest BCUT2D eigenvalue weighted by Crippen LogP contribution is 2.24. The Bertz CT molecular complexity index is 862. The van der Waals surface area contributed by atoms with Gasteiger partial charge in [-0.05, 0) is 54.8 Å². The molecule has 0 radical (unpaired) electrons. The largest absolute Gasteiger partial charge is 0.478 e. The van der Waals surface area contributed by atoms with Gasteiger partial charge in [0.15, 0.2) is 0 Å². The van der Waals surface area contributed by atoms with Crippen molar-refractivity contribution >= 4 is 21.7 Å². The van der Waals surface area contributed by atoms with Crippen molar-refractivity contribution in [3.05, 3.63) is 58.9 Å². The highest BCUT2D eigenvalue weighted by Gasteiger charge is 2.20. The summed E-state index contributed by atoms with van der Waals surface area (Å²) >= 11 is 0. The first-order chi connectivity index (χ1) is 10.7. The first-order valence-electron chi connectivity index (χ1n) is 6.90. The van der Waals surface area contributed by atoms with Crippen LogP contribution in [0.2, 0.25) is 0 Å². The van der Waals surface area contributed by atoms with Crippen molar-refractivity contribution in [2.75, 3.05) is 4.72 Å². The van der Waals surface area contributed by atoms with Gasteiger partial charge in [0.1, 0.15) is 5.82 Å². The average Bonchev–Trinajstić information content (AvgIpc) is 2.46. The molecule has 2 aromatic carbocycles. The van der Waals surface area contributed by atoms with Crippen LogP contribution in [0, 0.1) is 12.7 Å². The highest BCUT2D eigenvalue weighted by atomic mass is 32.2. The number of rotatable bonds is 5. The SMILES string of the molecule is CCc1ccc(NS(=O)(=O)c2ccc(F)cc2C)c(C(=O)O)c1. The topological polar surface area (TPSA) is 83.5 Å². The van der Waals surface area contributed by atoms with Crippen LogP contribution in [0.3, 0.4) is 0 Å². The standard InChI is InChI=1S/C16H16FNO4S/c1-3-11-4-6-14(13(9-11)16(19)20)18-23(21,22)15-7-5-12(17)8-10(15)2/h4-9,18H,3H2,1-2H3,(H,19,20). The van der Waals surface area contributed by atoms with E-state index in [1.54, 1.807) is 6.07 Å². The number of anilines is 1. The summed E-state index contributed by atoms with van der Waals surface area (Å²) in [6.07, 6.45) is 0.629. The van der Waals surface area contributed by atoms with Crippen molar-refractivity contribution < 1.29 is 22.7 Å². The second kappa shape index (κ2) is 6.37. The molecule has 122 valence electrons. The number of benzene rings is 2. The van der Waals surface area contributed by atoms with Crippen LogP contribution < -0.4 is 4.72 Å². The predicted octanol–water partition coefficient (Wildman–Crippen LogP) is 3.20. The molecule has 2 N–H and O–H groups in total. The number of hydrogen-bond acceptors (Lipinski definition) is 3. The minimum absolute atomic E-state index is 0.0292. The van der Waals surface area contributed by atoms with Crippen molar-refractivity contribution in [2.45, 2.75) is 25.2 Å². The van der Waals surface area contributed by atoms with Crippen molar-refractivity contribution in [3.63, 3.8) is 0 Å². The lowest BCUT2D eigenvalue weighted by Gasteiger charge is -2.13. The van der Waals surface area contributed by atoms with E-state index < -0.39 is 21.8 Å². The molecular formula is C16H16FNO4S. The Morgan fingerprint density at radius 2 is 1.91 bits per heavy atom. The number of aromatic carboxylic acids is 1. The number of halogens is 1. The smallest absolute Gasteiger partial charge is 0.337 e. The molecular weight excluding hydrogens is 321 g/mol. The summed E-state index contributed by atoms with van der Waals surface area (Å²) in [5.41, 5.74) is 0.856. The van der Waals surface area contributed by atoms with E-state index in [-0.39, 0.29) is 21.7 Å². The van der Waals surface area contributed by atoms with Gasteiger partial charge < -0.3 is 5.11 Å². The van der Waals surface area contributed by atoms with Crippen molar-refractivity contribution in [2.24, 2.45) is 0 Å². The van der Waals surface area contributed by atoms with Gasteiger partial charge in [-0.15, -0.1) is 0 Å². The first-order valence-corrected chi connectivity index (χ1v) is 8.38. The monoisotopic (exact) mass is 337 g/mol. The highest BCUT2D eigenvalue weighted by molar-refractivity contribution is 7.92. The quantitative estimate of drug-likeness (QED) is 0.877. The van der Waals surface area contributed by atoms with Gasteiger partial charge in [0.25, 0.3) is 10.0 Å². The molecule has 0 aliphatic carbocycles. The molecule has 0 aromatic heterocycles. The van der Waals surface area contributed by atoms with Crippen LogP contribution in [0.5, 0.6) is 0 Å². The molecule has 0 aliphatic heterocycles. The molecule has 0 saturated heterocycles. The number of sulfonamides is 1. The Kier molecular flexibility index (Phi) is 4.70. The lowest BCUT2D eigenvalue weighted by Crippen LogP contribution is -2.17. The Balaban J connectivity index is 2.47. The van der Waals surface area contributed by atoms with Crippen LogP contribution >= 0.6 is 0 Å². The molecule has 2 rings (SSSR count). The van der Waals surface area contributed by atoms with E-state index in [0.717, 1.165) is 23.8 Å². The van der Waals surface area contributed by atoms with E-state index in [2.05, 4.69) is 4.72 Å². The summed E-state index contributed by atoms with van der Waals surface area (Å²) in [4.78, 5) is 11.2. The van der Waals surface area contributed by atoms with Gasteiger partial charge in [-0.1, -0.05) is 13.0 Å². The number of nitrogens with one attached hydrogen (secondary N) is 1. The zero-order valence-electron chi connectivity index (χ0n) is 12.6. The lowest BCUT2D eigenvalue weighted by atomic mass is 10.1. The molecule has 7 heteroatoms. The summed E-state index contributed by atoms with van der Waals surface area (Å²) in [5, 5.41) is 9.26. The third kappa shape index (κ3) is 3.68. The zero-order valence-corrected chi connectivity index (χ0v) is 13.4. The molecule has 0 saturated carbocycles. The molecule has 0 bridgehead atoms. The Labute approximate surface area is 133 Å². The minimum atomic E-state index is -4.02. The van der Waals surface area contributed by atoms with Gasteiger partial charge in [-0.25, -0.2) is 17.6 Å². The fourth-order valence-corrected chi connectivity index (χ4v) is 3.50. The van der Waals surface area contributed by atoms with E-state index >= 15 is 0 Å². The summed E-state index contributed by atoms with van der Waals surface area (Å²) in [7, 11) is -4.02. The zero-order chi connectivity index (χ0) is 17.2. The van der Waals surface area contributed by atoms with Gasteiger partial charge in [0, 0.05) is 0 Å². The van der Waals surface area contributed by atoms with E-state index in [9.17, 15) is 22.7 Å². The minimum Gasteiger partial charge on any atom is -0.478 e. The second-order valence-corrected chi connectivity index (χ2v) is 6.70. The van der Waals surface area contributed by atoms with Crippen molar-refractivity contribution in [1.82, 2.24) is 0 Å². The maximum Gasteiger partial charge on any atom is 0.337 e. The maximum absolute atomic E-state index is 13.1. The predicted molar refractivity (Wildman–Crippen MR) is 84.7 cm³/mol. The number of aryl methyl sites for hydroxylation is 2. The summed E-state index contributed by atoms with van der Waals surface area (Å²) in [5.74, 6) is -1.77. The fourth-order valence-electron chi connectivity index (χ4n) is 2.19. The molecule has 0 atom stereocenters. The van der Waals surface area contributed by atoms with Crippen LogP contribution in [-0.2, 0) is 16.4 Å². The molecule has 0 unspecified atom stereocenters. The number of hydrogen-bond donors (Lipinski definition) is 2. The summed E-state index contributed by atoms with van der Waals surface area (Å²) < 4.78 is 40.3. The van der Waals surface area contributed by atoms with Gasteiger partial charge in [0.05, 0.1) is 16.1 Å². The molecule has 0 amide bonds. The molecule has 0 heterocycles. The van der Waals surface area contributed by atoms with Gasteiger partial charge in [-0.2, -0.15) is 0 Å². The molecule has 2 aromatic rings. The molecule has 23 heavy (non-hydrogen) atoms. The molecule has 5 nitrogen and oxygen atoms in total. The van der Waals surface area contributed by atoms with Crippen LogP contribution in [0.1, 0.15) is 28.4 Å². The number of carboxylic acid groups (broad SMARTS) is 1. The van der Waals surface area contributed by atoms with E-state index in [0.29, 0.717) is 6.42 Å². The summed E-state index contributed by atoms with van der Waals surface area (Å²) in [6.45, 7) is 3.34. The van der Waals surface area contributed by atoms with E-state index in [4.69, 9.17) is 0 Å². The van der Waals surface area contributed by atoms with Crippen LogP contribution in [0.4, 0.5) is 10.1 Å². The lowest BCUT2D eigenvalue weighted by molar-refractivity contribution is 0.0698. The van der Waals surface area contributed by atoms with Crippen LogP contribution in [-0.4, -0.2) is 19.5 Å². The Hall–Kier alpha value is -2.41. The second-order valence-electron chi connectivity index (χ2n) is 5.05. The third-order valence-corrected chi connectivity index (χ3v) is 4.92. The Morgan fingerprint density at radius 3 is 2.48 bits per heavy atom. The molecule has 0 spiro atoms. The van der Waals surface area contributed by atoms with Gasteiger partial charge in [0.2, 0.25) is 0 Å².